The molecule has 0 aromatic heterocycles. The van der Waals surface area contributed by atoms with E-state index in [1.807, 2.05) is 27.7 Å². The summed E-state index contributed by atoms with van der Waals surface area (Å²) in [6.45, 7) is 8.00. The fraction of sp³-hybridized carbons (Fsp3) is 0.929. The van der Waals surface area contributed by atoms with E-state index in [0.29, 0.717) is 5.78 Å². The first-order valence-electron chi connectivity index (χ1n) is 6.88. The van der Waals surface area contributed by atoms with Gasteiger partial charge < -0.3 is 0 Å². The predicted molar refractivity (Wildman–Crippen MR) is 67.0 cm³/mol. The SMILES string of the molecule is CC.CC.O=C1CCC2CCCCC2C1. The van der Waals surface area contributed by atoms with Crippen molar-refractivity contribution in [1.82, 2.24) is 0 Å². The number of rotatable bonds is 0. The Labute approximate surface area is 95.6 Å². The first-order valence-corrected chi connectivity index (χ1v) is 6.88. The van der Waals surface area contributed by atoms with Crippen LogP contribution in [0.3, 0.4) is 0 Å². The van der Waals surface area contributed by atoms with Gasteiger partial charge in [0.25, 0.3) is 0 Å². The number of ketones is 1. The van der Waals surface area contributed by atoms with Crippen LogP contribution < -0.4 is 0 Å². The third-order valence-electron chi connectivity index (χ3n) is 3.35. The molecule has 2 unspecified atom stereocenters. The fourth-order valence-corrected chi connectivity index (χ4v) is 2.67. The Kier molecular flexibility index (Phi) is 8.74. The monoisotopic (exact) mass is 212 g/mol. The molecule has 2 fully saturated rings. The van der Waals surface area contributed by atoms with Crippen LogP contribution in [0.2, 0.25) is 0 Å². The van der Waals surface area contributed by atoms with Gasteiger partial charge in [0, 0.05) is 12.8 Å². The van der Waals surface area contributed by atoms with Gasteiger partial charge in [0.05, 0.1) is 0 Å². The average molecular weight is 212 g/mol. The number of Topliss-reactive ketones (excluding diaryl/α,β-unsaturated/α-hetero) is 1. The second kappa shape index (κ2) is 8.94. The molecule has 2 aliphatic rings. The minimum Gasteiger partial charge on any atom is -0.300 e. The lowest BCUT2D eigenvalue weighted by Crippen LogP contribution is -2.27. The van der Waals surface area contributed by atoms with Crippen LogP contribution in [0.5, 0.6) is 0 Å². The zero-order chi connectivity index (χ0) is 11.7. The maximum Gasteiger partial charge on any atom is 0.133 e. The van der Waals surface area contributed by atoms with Gasteiger partial charge in [0.15, 0.2) is 0 Å². The molecule has 0 N–H and O–H groups in total. The van der Waals surface area contributed by atoms with E-state index in [4.69, 9.17) is 0 Å². The standard InChI is InChI=1S/C10H16O.2C2H6/c11-10-6-5-8-3-1-2-4-9(8)7-10;2*1-2/h8-9H,1-7H2;2*1-2H3. The Morgan fingerprint density at radius 3 is 2.00 bits per heavy atom. The van der Waals surface area contributed by atoms with E-state index in [0.717, 1.165) is 24.7 Å². The van der Waals surface area contributed by atoms with Crippen molar-refractivity contribution in [3.8, 4) is 0 Å². The molecule has 15 heavy (non-hydrogen) atoms. The Morgan fingerprint density at radius 2 is 1.40 bits per heavy atom. The number of carbonyl (C=O) groups excluding carboxylic acids is 1. The number of hydrogen-bond acceptors (Lipinski definition) is 1. The molecule has 2 aliphatic carbocycles. The third-order valence-corrected chi connectivity index (χ3v) is 3.35. The van der Waals surface area contributed by atoms with Crippen molar-refractivity contribution in [1.29, 1.82) is 0 Å². The van der Waals surface area contributed by atoms with Crippen LogP contribution in [0.25, 0.3) is 0 Å². The summed E-state index contributed by atoms with van der Waals surface area (Å²) in [5.74, 6) is 2.22. The van der Waals surface area contributed by atoms with Crippen molar-refractivity contribution in [3.05, 3.63) is 0 Å². The van der Waals surface area contributed by atoms with Crippen LogP contribution in [-0.2, 0) is 4.79 Å². The van der Waals surface area contributed by atoms with Gasteiger partial charge in [-0.3, -0.25) is 4.79 Å². The van der Waals surface area contributed by atoms with Gasteiger partial charge in [-0.1, -0.05) is 47.0 Å². The van der Waals surface area contributed by atoms with E-state index in [1.165, 1.54) is 32.1 Å². The maximum atomic E-state index is 11.1. The summed E-state index contributed by atoms with van der Waals surface area (Å²) >= 11 is 0. The molecule has 1 nitrogen and oxygen atoms in total. The van der Waals surface area contributed by atoms with Crippen LogP contribution in [0.1, 0.15) is 72.6 Å². The van der Waals surface area contributed by atoms with E-state index in [9.17, 15) is 4.79 Å². The van der Waals surface area contributed by atoms with Crippen molar-refractivity contribution in [2.45, 2.75) is 72.6 Å². The van der Waals surface area contributed by atoms with Crippen LogP contribution in [0.15, 0.2) is 0 Å². The second-order valence-electron chi connectivity index (χ2n) is 4.09. The van der Waals surface area contributed by atoms with Crippen molar-refractivity contribution in [3.63, 3.8) is 0 Å². The largest absolute Gasteiger partial charge is 0.300 e. The zero-order valence-corrected chi connectivity index (χ0v) is 11.0. The van der Waals surface area contributed by atoms with E-state index >= 15 is 0 Å². The van der Waals surface area contributed by atoms with Gasteiger partial charge in [0.1, 0.15) is 5.78 Å². The summed E-state index contributed by atoms with van der Waals surface area (Å²) in [7, 11) is 0. The van der Waals surface area contributed by atoms with E-state index in [-0.39, 0.29) is 0 Å². The van der Waals surface area contributed by atoms with Crippen molar-refractivity contribution < 1.29 is 4.79 Å². The van der Waals surface area contributed by atoms with E-state index in [1.54, 1.807) is 0 Å². The predicted octanol–water partition coefficient (Wildman–Crippen LogP) is 4.60. The lowest BCUT2D eigenvalue weighted by Gasteiger charge is -2.34. The zero-order valence-electron chi connectivity index (χ0n) is 11.0. The molecular formula is C14H28O. The summed E-state index contributed by atoms with van der Waals surface area (Å²) in [5.41, 5.74) is 0. The summed E-state index contributed by atoms with van der Waals surface area (Å²) in [4.78, 5) is 11.1. The van der Waals surface area contributed by atoms with Crippen molar-refractivity contribution in [2.75, 3.05) is 0 Å². The Bertz CT molecular complexity index is 163. The van der Waals surface area contributed by atoms with Crippen molar-refractivity contribution in [2.24, 2.45) is 11.8 Å². The van der Waals surface area contributed by atoms with Crippen LogP contribution in [0, 0.1) is 11.8 Å². The van der Waals surface area contributed by atoms with Gasteiger partial charge in [-0.15, -0.1) is 0 Å². The topological polar surface area (TPSA) is 17.1 Å². The maximum absolute atomic E-state index is 11.1. The smallest absolute Gasteiger partial charge is 0.133 e. The lowest BCUT2D eigenvalue weighted by molar-refractivity contribution is -0.123. The molecule has 0 spiro atoms. The van der Waals surface area contributed by atoms with E-state index < -0.39 is 0 Å². The Hall–Kier alpha value is -0.330. The lowest BCUT2D eigenvalue weighted by atomic mass is 9.71. The molecule has 0 bridgehead atoms. The molecule has 2 saturated carbocycles. The molecule has 0 saturated heterocycles. The Morgan fingerprint density at radius 1 is 0.867 bits per heavy atom. The normalized spacial score (nSPS) is 28.9. The molecular weight excluding hydrogens is 184 g/mol. The molecule has 0 aromatic carbocycles. The highest BCUT2D eigenvalue weighted by molar-refractivity contribution is 5.79. The van der Waals surface area contributed by atoms with Crippen LogP contribution in [-0.4, -0.2) is 5.78 Å². The number of fused-ring (bicyclic) bond motifs is 1. The molecule has 1 heteroatoms. The summed E-state index contributed by atoms with van der Waals surface area (Å²) in [6, 6.07) is 0. The third kappa shape index (κ3) is 4.81. The minimum absolute atomic E-state index is 0.521. The summed E-state index contributed by atoms with van der Waals surface area (Å²) in [5, 5.41) is 0. The highest BCUT2D eigenvalue weighted by Crippen LogP contribution is 2.38. The highest BCUT2D eigenvalue weighted by Gasteiger charge is 2.30. The molecule has 2 rings (SSSR count). The second-order valence-corrected chi connectivity index (χ2v) is 4.09. The first kappa shape index (κ1) is 14.7. The molecule has 0 radical (unpaired) electrons. The van der Waals surface area contributed by atoms with Crippen LogP contribution >= 0.6 is 0 Å². The fourth-order valence-electron chi connectivity index (χ4n) is 2.67. The number of hydrogen-bond donors (Lipinski definition) is 0. The molecule has 0 aliphatic heterocycles. The Balaban J connectivity index is 0.000000442. The van der Waals surface area contributed by atoms with Gasteiger partial charge in [-0.25, -0.2) is 0 Å². The minimum atomic E-state index is 0.521. The molecule has 2 atom stereocenters. The molecule has 90 valence electrons. The van der Waals surface area contributed by atoms with E-state index in [2.05, 4.69) is 0 Å². The summed E-state index contributed by atoms with van der Waals surface area (Å²) < 4.78 is 0. The number of carbonyl (C=O) groups is 1. The quantitative estimate of drug-likeness (QED) is 0.573. The van der Waals surface area contributed by atoms with Gasteiger partial charge in [-0.05, 0) is 24.7 Å². The van der Waals surface area contributed by atoms with Gasteiger partial charge in [0.2, 0.25) is 0 Å². The van der Waals surface area contributed by atoms with Crippen molar-refractivity contribution >= 4 is 5.78 Å². The van der Waals surface area contributed by atoms with Gasteiger partial charge >= 0.3 is 0 Å². The average Bonchev–Trinajstić information content (AvgIpc) is 2.34. The first-order chi connectivity index (χ1) is 7.36. The van der Waals surface area contributed by atoms with Gasteiger partial charge in [-0.2, -0.15) is 0 Å². The molecule has 0 heterocycles. The highest BCUT2D eigenvalue weighted by atomic mass is 16.1. The molecule has 0 amide bonds. The molecule has 0 aromatic rings. The van der Waals surface area contributed by atoms with Crippen LogP contribution in [0.4, 0.5) is 0 Å². The summed E-state index contributed by atoms with van der Waals surface area (Å²) in [6.07, 6.45) is 8.49.